The normalized spacial score (nSPS) is 12.9. The highest BCUT2D eigenvalue weighted by molar-refractivity contribution is 7.09. The average molecular weight is 249 g/mol. The molecule has 0 bridgehead atoms. The minimum Gasteiger partial charge on any atom is -0.384 e. The van der Waals surface area contributed by atoms with Gasteiger partial charge in [-0.15, -0.1) is 11.3 Å². The predicted octanol–water partition coefficient (Wildman–Crippen LogP) is 2.33. The molecule has 4 nitrogen and oxygen atoms in total. The lowest BCUT2D eigenvalue weighted by Crippen LogP contribution is -2.01. The zero-order valence-electron chi connectivity index (χ0n) is 9.79. The lowest BCUT2D eigenvalue weighted by Gasteiger charge is -2.08. The fourth-order valence-electron chi connectivity index (χ4n) is 1.47. The third-order valence-electron chi connectivity index (χ3n) is 2.49. The smallest absolute Gasteiger partial charge is 0.131 e. The van der Waals surface area contributed by atoms with Crippen molar-refractivity contribution in [2.24, 2.45) is 0 Å². The number of aromatic nitrogens is 2. The van der Waals surface area contributed by atoms with Crippen molar-refractivity contribution in [3.63, 3.8) is 0 Å². The van der Waals surface area contributed by atoms with Crippen molar-refractivity contribution in [1.29, 1.82) is 0 Å². The number of nitrogens with two attached hydrogens (primary N) is 1. The number of nitrogen functional groups attached to an aromatic ring is 1. The lowest BCUT2D eigenvalue weighted by atomic mass is 10.1. The second kappa shape index (κ2) is 4.81. The van der Waals surface area contributed by atoms with E-state index in [4.69, 9.17) is 5.73 Å². The number of hydrogen-bond acceptors (Lipinski definition) is 5. The van der Waals surface area contributed by atoms with Crippen molar-refractivity contribution in [3.05, 3.63) is 40.0 Å². The number of rotatable bonds is 3. The Bertz CT molecular complexity index is 510. The third kappa shape index (κ3) is 2.62. The van der Waals surface area contributed by atoms with Gasteiger partial charge in [0.25, 0.3) is 0 Å². The van der Waals surface area contributed by atoms with Gasteiger partial charge in [-0.1, -0.05) is 13.8 Å². The molecule has 1 atom stereocenters. The summed E-state index contributed by atoms with van der Waals surface area (Å²) in [6.07, 6.45) is 0.864. The lowest BCUT2D eigenvalue weighted by molar-refractivity contribution is 0.219. The fraction of sp³-hybridized carbons (Fsp3) is 0.333. The number of aliphatic hydroxyl groups excluding tert-OH is 1. The number of nitrogens with zero attached hydrogens (tertiary/aromatic N) is 2. The third-order valence-corrected chi connectivity index (χ3v) is 3.40. The van der Waals surface area contributed by atoms with Crippen LogP contribution in [0.2, 0.25) is 0 Å². The standard InChI is InChI=1S/C12H15N3OS/c1-7(2)9-6-17-12(15-9)11(16)8-3-4-14-10(13)5-8/h3-7,11,16H,1-2H3,(H2,13,14). The Labute approximate surface area is 104 Å². The maximum atomic E-state index is 10.2. The van der Waals surface area contributed by atoms with E-state index in [0.717, 1.165) is 11.3 Å². The Kier molecular flexibility index (Phi) is 3.40. The molecule has 2 aromatic rings. The van der Waals surface area contributed by atoms with Crippen LogP contribution in [0.1, 0.15) is 42.1 Å². The van der Waals surface area contributed by atoms with E-state index in [9.17, 15) is 5.11 Å². The van der Waals surface area contributed by atoms with E-state index in [0.29, 0.717) is 16.7 Å². The largest absolute Gasteiger partial charge is 0.384 e. The van der Waals surface area contributed by atoms with Crippen LogP contribution < -0.4 is 5.73 Å². The summed E-state index contributed by atoms with van der Waals surface area (Å²) >= 11 is 1.46. The number of hydrogen-bond donors (Lipinski definition) is 2. The van der Waals surface area contributed by atoms with E-state index in [-0.39, 0.29) is 0 Å². The molecule has 2 heterocycles. The molecule has 0 fully saturated rings. The maximum absolute atomic E-state index is 10.2. The Balaban J connectivity index is 2.27. The van der Waals surface area contributed by atoms with E-state index in [1.54, 1.807) is 18.3 Å². The van der Waals surface area contributed by atoms with Gasteiger partial charge in [-0.05, 0) is 23.6 Å². The van der Waals surface area contributed by atoms with Crippen molar-refractivity contribution in [2.75, 3.05) is 5.73 Å². The molecule has 90 valence electrons. The maximum Gasteiger partial charge on any atom is 0.131 e. The molecule has 0 aliphatic heterocycles. The Morgan fingerprint density at radius 1 is 1.41 bits per heavy atom. The van der Waals surface area contributed by atoms with Gasteiger partial charge in [-0.2, -0.15) is 0 Å². The highest BCUT2D eigenvalue weighted by Gasteiger charge is 2.16. The van der Waals surface area contributed by atoms with Crippen LogP contribution in [0.3, 0.4) is 0 Å². The molecule has 0 saturated carbocycles. The van der Waals surface area contributed by atoms with Crippen molar-refractivity contribution >= 4 is 17.2 Å². The van der Waals surface area contributed by atoms with Crippen LogP contribution in [-0.2, 0) is 0 Å². The molecule has 0 aliphatic carbocycles. The van der Waals surface area contributed by atoms with Crippen LogP contribution in [0.4, 0.5) is 5.82 Å². The van der Waals surface area contributed by atoms with Crippen LogP contribution in [-0.4, -0.2) is 15.1 Å². The molecule has 0 amide bonds. The van der Waals surface area contributed by atoms with Gasteiger partial charge in [0.1, 0.15) is 16.9 Å². The highest BCUT2D eigenvalue weighted by atomic mass is 32.1. The summed E-state index contributed by atoms with van der Waals surface area (Å²) in [5.74, 6) is 0.775. The molecule has 0 aromatic carbocycles. The van der Waals surface area contributed by atoms with Crippen molar-refractivity contribution < 1.29 is 5.11 Å². The summed E-state index contributed by atoms with van der Waals surface area (Å²) in [5.41, 5.74) is 7.32. The molecule has 2 aromatic heterocycles. The van der Waals surface area contributed by atoms with E-state index < -0.39 is 6.10 Å². The molecule has 0 aliphatic rings. The van der Waals surface area contributed by atoms with E-state index >= 15 is 0 Å². The first-order chi connectivity index (χ1) is 8.08. The molecule has 2 rings (SSSR count). The quantitative estimate of drug-likeness (QED) is 0.875. The molecule has 0 saturated heterocycles. The second-order valence-corrected chi connectivity index (χ2v) is 5.07. The van der Waals surface area contributed by atoms with Gasteiger partial charge < -0.3 is 10.8 Å². The van der Waals surface area contributed by atoms with Gasteiger partial charge in [-0.3, -0.25) is 0 Å². The Morgan fingerprint density at radius 2 is 2.18 bits per heavy atom. The first-order valence-electron chi connectivity index (χ1n) is 5.42. The molecule has 1 unspecified atom stereocenters. The van der Waals surface area contributed by atoms with E-state index in [2.05, 4.69) is 23.8 Å². The molecular formula is C12H15N3OS. The van der Waals surface area contributed by atoms with Crippen LogP contribution >= 0.6 is 11.3 Å². The van der Waals surface area contributed by atoms with Crippen LogP contribution in [0.25, 0.3) is 0 Å². The summed E-state index contributed by atoms with van der Waals surface area (Å²) in [6, 6.07) is 3.42. The predicted molar refractivity (Wildman–Crippen MR) is 68.9 cm³/mol. The first-order valence-corrected chi connectivity index (χ1v) is 6.30. The molecular weight excluding hydrogens is 234 g/mol. The van der Waals surface area contributed by atoms with Gasteiger partial charge in [0.05, 0.1) is 5.69 Å². The van der Waals surface area contributed by atoms with Crippen molar-refractivity contribution in [3.8, 4) is 0 Å². The Morgan fingerprint density at radius 3 is 2.76 bits per heavy atom. The number of thiazole rings is 1. The molecule has 17 heavy (non-hydrogen) atoms. The summed E-state index contributed by atoms with van der Waals surface area (Å²) in [6.45, 7) is 4.16. The van der Waals surface area contributed by atoms with Crippen LogP contribution in [0, 0.1) is 0 Å². The summed E-state index contributed by atoms with van der Waals surface area (Å²) in [5, 5.41) is 12.8. The van der Waals surface area contributed by atoms with Crippen LogP contribution in [0.5, 0.6) is 0 Å². The zero-order valence-corrected chi connectivity index (χ0v) is 10.6. The van der Waals surface area contributed by atoms with Crippen LogP contribution in [0.15, 0.2) is 23.7 Å². The molecule has 0 spiro atoms. The van der Waals surface area contributed by atoms with Gasteiger partial charge in [0.2, 0.25) is 0 Å². The molecule has 3 N–H and O–H groups in total. The zero-order chi connectivity index (χ0) is 12.4. The van der Waals surface area contributed by atoms with Gasteiger partial charge >= 0.3 is 0 Å². The molecule has 5 heteroatoms. The van der Waals surface area contributed by atoms with E-state index in [1.807, 2.05) is 5.38 Å². The monoisotopic (exact) mass is 249 g/mol. The molecule has 0 radical (unpaired) electrons. The highest BCUT2D eigenvalue weighted by Crippen LogP contribution is 2.27. The summed E-state index contributed by atoms with van der Waals surface area (Å²) in [7, 11) is 0. The SMILES string of the molecule is CC(C)c1csc(C(O)c2ccnc(N)c2)n1. The number of pyridine rings is 1. The topological polar surface area (TPSA) is 72.0 Å². The fourth-order valence-corrected chi connectivity index (χ4v) is 2.46. The number of aliphatic hydroxyl groups is 1. The second-order valence-electron chi connectivity index (χ2n) is 4.18. The summed E-state index contributed by atoms with van der Waals surface area (Å²) in [4.78, 5) is 8.32. The minimum atomic E-state index is -0.724. The van der Waals surface area contributed by atoms with Crippen molar-refractivity contribution in [1.82, 2.24) is 9.97 Å². The van der Waals surface area contributed by atoms with Gasteiger partial charge in [0, 0.05) is 11.6 Å². The summed E-state index contributed by atoms with van der Waals surface area (Å²) < 4.78 is 0. The van der Waals surface area contributed by atoms with Crippen molar-refractivity contribution in [2.45, 2.75) is 25.9 Å². The number of anilines is 1. The van der Waals surface area contributed by atoms with Gasteiger partial charge in [-0.25, -0.2) is 9.97 Å². The minimum absolute atomic E-state index is 0.370. The first kappa shape index (κ1) is 12.0. The average Bonchev–Trinajstić information content (AvgIpc) is 2.77. The van der Waals surface area contributed by atoms with Gasteiger partial charge in [0.15, 0.2) is 0 Å². The Hall–Kier alpha value is -1.46. The van der Waals surface area contributed by atoms with E-state index in [1.165, 1.54) is 11.3 Å².